The van der Waals surface area contributed by atoms with Gasteiger partial charge in [-0.25, -0.2) is 4.39 Å². The summed E-state index contributed by atoms with van der Waals surface area (Å²) < 4.78 is 14.2. The predicted molar refractivity (Wildman–Crippen MR) is 105 cm³/mol. The van der Waals surface area contributed by atoms with Gasteiger partial charge in [0.2, 0.25) is 0 Å². The van der Waals surface area contributed by atoms with Crippen molar-refractivity contribution >= 4 is 17.5 Å². The van der Waals surface area contributed by atoms with E-state index >= 15 is 0 Å². The number of aryl methyl sites for hydroxylation is 1. The number of nitrogens with one attached hydrogen (secondary N) is 2. The van der Waals surface area contributed by atoms with Crippen LogP contribution in [0.4, 0.5) is 10.1 Å². The number of amides is 2. The molecule has 0 atom stereocenters. The molecule has 3 aromatic rings. The topological polar surface area (TPSA) is 84.0 Å². The van der Waals surface area contributed by atoms with E-state index in [1.807, 2.05) is 13.8 Å². The lowest BCUT2D eigenvalue weighted by molar-refractivity contribution is 0.0961. The number of carbonyl (C=O) groups excluding carboxylic acids is 2. The Morgan fingerprint density at radius 3 is 2.54 bits per heavy atom. The van der Waals surface area contributed by atoms with Gasteiger partial charge in [0.1, 0.15) is 5.82 Å². The van der Waals surface area contributed by atoms with E-state index in [1.165, 1.54) is 13.1 Å². The maximum absolute atomic E-state index is 14.2. The summed E-state index contributed by atoms with van der Waals surface area (Å²) in [5.41, 5.74) is 3.77. The molecule has 0 radical (unpaired) electrons. The summed E-state index contributed by atoms with van der Waals surface area (Å²) in [4.78, 5) is 24.4. The molecule has 2 aromatic carbocycles. The standard InChI is InChI=1S/C21H19FN4O2/c1-12-11-24-26-19(13(12)2)15-7-16(9-17(22)8-15)21(28)25-18-6-4-5-14(10-18)20(27)23-3/h4-11H,1-3H3,(H,23,27)(H,25,28). The van der Waals surface area contributed by atoms with Crippen molar-refractivity contribution < 1.29 is 14.0 Å². The van der Waals surface area contributed by atoms with E-state index < -0.39 is 11.7 Å². The van der Waals surface area contributed by atoms with Crippen LogP contribution in [0, 0.1) is 19.7 Å². The zero-order valence-electron chi connectivity index (χ0n) is 15.7. The van der Waals surface area contributed by atoms with E-state index in [4.69, 9.17) is 0 Å². The number of hydrogen-bond acceptors (Lipinski definition) is 4. The summed E-state index contributed by atoms with van der Waals surface area (Å²) >= 11 is 0. The van der Waals surface area contributed by atoms with E-state index in [0.717, 1.165) is 17.2 Å². The molecule has 2 N–H and O–H groups in total. The van der Waals surface area contributed by atoms with Crippen molar-refractivity contribution in [1.82, 2.24) is 15.5 Å². The van der Waals surface area contributed by atoms with Crippen LogP contribution in [0.1, 0.15) is 31.8 Å². The van der Waals surface area contributed by atoms with E-state index in [1.54, 1.807) is 36.5 Å². The van der Waals surface area contributed by atoms with Crippen molar-refractivity contribution in [3.8, 4) is 11.3 Å². The lowest BCUT2D eigenvalue weighted by atomic mass is 10.0. The molecule has 1 heterocycles. The summed E-state index contributed by atoms with van der Waals surface area (Å²) in [5, 5.41) is 13.2. The second kappa shape index (κ2) is 7.96. The average Bonchev–Trinajstić information content (AvgIpc) is 2.69. The average molecular weight is 378 g/mol. The van der Waals surface area contributed by atoms with Crippen molar-refractivity contribution in [2.45, 2.75) is 13.8 Å². The van der Waals surface area contributed by atoms with Crippen LogP contribution in [-0.2, 0) is 0 Å². The van der Waals surface area contributed by atoms with Gasteiger partial charge in [0.15, 0.2) is 0 Å². The molecule has 0 aliphatic carbocycles. The van der Waals surface area contributed by atoms with Gasteiger partial charge in [-0.15, -0.1) is 0 Å². The highest BCUT2D eigenvalue weighted by atomic mass is 19.1. The van der Waals surface area contributed by atoms with Crippen LogP contribution in [0.2, 0.25) is 0 Å². The minimum Gasteiger partial charge on any atom is -0.355 e. The second-order valence-corrected chi connectivity index (χ2v) is 6.34. The van der Waals surface area contributed by atoms with Gasteiger partial charge >= 0.3 is 0 Å². The monoisotopic (exact) mass is 378 g/mol. The SMILES string of the molecule is CNC(=O)c1cccc(NC(=O)c2cc(F)cc(-c3nncc(C)c3C)c2)c1. The zero-order valence-corrected chi connectivity index (χ0v) is 15.7. The van der Waals surface area contributed by atoms with Crippen LogP contribution in [0.5, 0.6) is 0 Å². The van der Waals surface area contributed by atoms with Crippen LogP contribution >= 0.6 is 0 Å². The molecular weight excluding hydrogens is 359 g/mol. The Balaban J connectivity index is 1.92. The molecule has 7 heteroatoms. The fourth-order valence-corrected chi connectivity index (χ4v) is 2.75. The normalized spacial score (nSPS) is 10.4. The highest BCUT2D eigenvalue weighted by Crippen LogP contribution is 2.25. The molecule has 2 amide bonds. The summed E-state index contributed by atoms with van der Waals surface area (Å²) in [5.74, 6) is -1.31. The maximum atomic E-state index is 14.2. The number of halogens is 1. The van der Waals surface area contributed by atoms with E-state index in [0.29, 0.717) is 22.5 Å². The van der Waals surface area contributed by atoms with Crippen molar-refractivity contribution in [2.75, 3.05) is 12.4 Å². The predicted octanol–water partition coefficient (Wildman–Crippen LogP) is 3.51. The third-order valence-corrected chi connectivity index (χ3v) is 4.40. The molecule has 0 spiro atoms. The zero-order chi connectivity index (χ0) is 20.3. The Hall–Kier alpha value is -3.61. The minimum atomic E-state index is -0.551. The lowest BCUT2D eigenvalue weighted by Gasteiger charge is -2.10. The number of rotatable bonds is 4. The van der Waals surface area contributed by atoms with E-state index in [9.17, 15) is 14.0 Å². The minimum absolute atomic E-state index is 0.142. The molecule has 6 nitrogen and oxygen atoms in total. The molecule has 0 bridgehead atoms. The quantitative estimate of drug-likeness (QED) is 0.728. The van der Waals surface area contributed by atoms with Crippen molar-refractivity contribution in [1.29, 1.82) is 0 Å². The Kier molecular flexibility index (Phi) is 5.44. The molecule has 28 heavy (non-hydrogen) atoms. The van der Waals surface area contributed by atoms with E-state index in [2.05, 4.69) is 20.8 Å². The van der Waals surface area contributed by atoms with Gasteiger partial charge in [-0.3, -0.25) is 9.59 Å². The first-order valence-corrected chi connectivity index (χ1v) is 8.62. The number of nitrogens with zero attached hydrogens (tertiary/aromatic N) is 2. The number of aromatic nitrogens is 2. The van der Waals surface area contributed by atoms with Gasteiger partial charge in [-0.05, 0) is 61.4 Å². The first-order chi connectivity index (χ1) is 13.4. The maximum Gasteiger partial charge on any atom is 0.255 e. The summed E-state index contributed by atoms with van der Waals surface area (Å²) in [6.07, 6.45) is 1.63. The fraction of sp³-hybridized carbons (Fsp3) is 0.143. The molecule has 0 aliphatic rings. The van der Waals surface area contributed by atoms with Crippen LogP contribution in [0.3, 0.4) is 0 Å². The van der Waals surface area contributed by atoms with Gasteiger partial charge in [0.25, 0.3) is 11.8 Å². The van der Waals surface area contributed by atoms with Gasteiger partial charge in [0.05, 0.1) is 11.9 Å². The Morgan fingerprint density at radius 1 is 1.00 bits per heavy atom. The van der Waals surface area contributed by atoms with Gasteiger partial charge in [0, 0.05) is 29.4 Å². The number of anilines is 1. The highest BCUT2D eigenvalue weighted by molar-refractivity contribution is 6.05. The molecule has 142 valence electrons. The molecule has 1 aromatic heterocycles. The fourth-order valence-electron chi connectivity index (χ4n) is 2.75. The Morgan fingerprint density at radius 2 is 1.79 bits per heavy atom. The molecule has 0 saturated heterocycles. The third kappa shape index (κ3) is 4.03. The van der Waals surface area contributed by atoms with E-state index in [-0.39, 0.29) is 11.5 Å². The highest BCUT2D eigenvalue weighted by Gasteiger charge is 2.14. The van der Waals surface area contributed by atoms with Crippen LogP contribution in [-0.4, -0.2) is 29.1 Å². The second-order valence-electron chi connectivity index (χ2n) is 6.34. The lowest BCUT2D eigenvalue weighted by Crippen LogP contribution is -2.18. The smallest absolute Gasteiger partial charge is 0.255 e. The molecule has 3 rings (SSSR count). The third-order valence-electron chi connectivity index (χ3n) is 4.40. The van der Waals surface area contributed by atoms with Gasteiger partial charge < -0.3 is 10.6 Å². The number of benzene rings is 2. The van der Waals surface area contributed by atoms with Gasteiger partial charge in [-0.2, -0.15) is 10.2 Å². The summed E-state index contributed by atoms with van der Waals surface area (Å²) in [7, 11) is 1.53. The molecule has 0 aliphatic heterocycles. The molecule has 0 unspecified atom stereocenters. The first kappa shape index (κ1) is 19.2. The first-order valence-electron chi connectivity index (χ1n) is 8.62. The number of hydrogen-bond donors (Lipinski definition) is 2. The van der Waals surface area contributed by atoms with Crippen LogP contribution < -0.4 is 10.6 Å². The summed E-state index contributed by atoms with van der Waals surface area (Å²) in [6.45, 7) is 3.76. The largest absolute Gasteiger partial charge is 0.355 e. The van der Waals surface area contributed by atoms with Crippen molar-refractivity contribution in [3.63, 3.8) is 0 Å². The Bertz CT molecular complexity index is 1070. The van der Waals surface area contributed by atoms with Crippen LogP contribution in [0.25, 0.3) is 11.3 Å². The summed E-state index contributed by atoms with van der Waals surface area (Å²) in [6, 6.07) is 10.5. The van der Waals surface area contributed by atoms with Crippen molar-refractivity contribution in [2.24, 2.45) is 0 Å². The van der Waals surface area contributed by atoms with Gasteiger partial charge in [-0.1, -0.05) is 6.07 Å². The molecule has 0 fully saturated rings. The molecular formula is C21H19FN4O2. The molecule has 0 saturated carbocycles. The Labute approximate surface area is 161 Å². The van der Waals surface area contributed by atoms with Crippen molar-refractivity contribution in [3.05, 3.63) is 76.7 Å². The number of carbonyl (C=O) groups is 2. The van der Waals surface area contributed by atoms with Crippen LogP contribution in [0.15, 0.2) is 48.7 Å².